The van der Waals surface area contributed by atoms with E-state index < -0.39 is 42.4 Å². The monoisotopic (exact) mass is 302 g/mol. The lowest BCUT2D eigenvalue weighted by Gasteiger charge is -2.17. The standard InChI is InChI=1S/C11H14N2O8/c14-2-6-7(16)8(17)10(21-6)13-1-5(3-20-4-15)9(18)12-11(13)19/h1,4,6-8,10,14,16-17H,2-3H2,(H,12,18,19)/t6-,7-,8-,10-/m0/s1. The maximum Gasteiger partial charge on any atom is 0.330 e. The minimum absolute atomic E-state index is 0.0422. The molecule has 1 aliphatic heterocycles. The first kappa shape index (κ1) is 15.4. The quantitative estimate of drug-likeness (QED) is 0.416. The van der Waals surface area contributed by atoms with Gasteiger partial charge in [0.05, 0.1) is 12.2 Å². The highest BCUT2D eigenvalue weighted by Crippen LogP contribution is 2.27. The predicted molar refractivity (Wildman–Crippen MR) is 65.2 cm³/mol. The molecule has 1 aromatic heterocycles. The number of H-pyrrole nitrogens is 1. The van der Waals surface area contributed by atoms with Crippen LogP contribution in [0.25, 0.3) is 0 Å². The molecule has 1 aliphatic rings. The van der Waals surface area contributed by atoms with Crippen LogP contribution in [0.4, 0.5) is 0 Å². The van der Waals surface area contributed by atoms with E-state index in [1.54, 1.807) is 0 Å². The minimum atomic E-state index is -1.47. The molecule has 0 amide bonds. The summed E-state index contributed by atoms with van der Waals surface area (Å²) in [6.07, 6.45) is -4.13. The van der Waals surface area contributed by atoms with Crippen LogP contribution in [0.15, 0.2) is 15.8 Å². The van der Waals surface area contributed by atoms with Gasteiger partial charge < -0.3 is 24.8 Å². The van der Waals surface area contributed by atoms with E-state index in [2.05, 4.69) is 4.74 Å². The van der Waals surface area contributed by atoms with E-state index in [9.17, 15) is 24.6 Å². The van der Waals surface area contributed by atoms with Crippen LogP contribution in [-0.4, -0.2) is 56.3 Å². The topological polar surface area (TPSA) is 151 Å². The first-order chi connectivity index (χ1) is 9.99. The van der Waals surface area contributed by atoms with E-state index in [1.165, 1.54) is 0 Å². The van der Waals surface area contributed by atoms with Crippen molar-refractivity contribution in [1.82, 2.24) is 9.55 Å². The zero-order chi connectivity index (χ0) is 15.6. The fourth-order valence-corrected chi connectivity index (χ4v) is 2.05. The number of aliphatic hydroxyl groups is 3. The molecule has 2 heterocycles. The van der Waals surface area contributed by atoms with Gasteiger partial charge in [-0.2, -0.15) is 0 Å². The summed E-state index contributed by atoms with van der Waals surface area (Å²) in [5.74, 6) is 0. The van der Waals surface area contributed by atoms with Crippen molar-refractivity contribution < 1.29 is 29.6 Å². The second-order valence-electron chi connectivity index (χ2n) is 4.46. The van der Waals surface area contributed by atoms with Gasteiger partial charge in [-0.05, 0) is 0 Å². The van der Waals surface area contributed by atoms with E-state index >= 15 is 0 Å². The van der Waals surface area contributed by atoms with Gasteiger partial charge in [0.2, 0.25) is 0 Å². The fraction of sp³-hybridized carbons (Fsp3) is 0.545. The first-order valence-corrected chi connectivity index (χ1v) is 6.01. The Morgan fingerprint density at radius 2 is 2.10 bits per heavy atom. The molecular formula is C11H14N2O8. The Bertz CT molecular complexity index is 623. The third-order valence-corrected chi connectivity index (χ3v) is 3.14. The molecule has 0 aliphatic carbocycles. The molecule has 4 atom stereocenters. The number of nitrogens with one attached hydrogen (secondary N) is 1. The highest BCUT2D eigenvalue weighted by molar-refractivity contribution is 5.37. The summed E-state index contributed by atoms with van der Waals surface area (Å²) >= 11 is 0. The number of hydrogen-bond donors (Lipinski definition) is 4. The molecule has 0 radical (unpaired) electrons. The van der Waals surface area contributed by atoms with Crippen molar-refractivity contribution in [3.63, 3.8) is 0 Å². The molecule has 0 spiro atoms. The van der Waals surface area contributed by atoms with Crippen molar-refractivity contribution in [3.8, 4) is 0 Å². The molecule has 0 unspecified atom stereocenters. The number of carbonyl (C=O) groups excluding carboxylic acids is 1. The van der Waals surface area contributed by atoms with Crippen LogP contribution in [0.2, 0.25) is 0 Å². The summed E-state index contributed by atoms with van der Waals surface area (Å²) in [7, 11) is 0. The van der Waals surface area contributed by atoms with Crippen LogP contribution in [0.1, 0.15) is 11.8 Å². The third kappa shape index (κ3) is 2.88. The second-order valence-corrected chi connectivity index (χ2v) is 4.46. The molecule has 1 fully saturated rings. The largest absolute Gasteiger partial charge is 0.463 e. The number of aliphatic hydroxyl groups excluding tert-OH is 3. The van der Waals surface area contributed by atoms with Crippen molar-refractivity contribution in [3.05, 3.63) is 32.6 Å². The number of aromatic nitrogens is 2. The maximum atomic E-state index is 11.8. The van der Waals surface area contributed by atoms with Gasteiger partial charge in [0, 0.05) is 6.20 Å². The Kier molecular flexibility index (Phi) is 4.53. The zero-order valence-electron chi connectivity index (χ0n) is 10.7. The van der Waals surface area contributed by atoms with Crippen LogP contribution < -0.4 is 11.2 Å². The van der Waals surface area contributed by atoms with Crippen LogP contribution in [-0.2, 0) is 20.9 Å². The molecule has 0 bridgehead atoms. The molecule has 21 heavy (non-hydrogen) atoms. The number of rotatable bonds is 5. The smallest absolute Gasteiger partial charge is 0.330 e. The SMILES string of the molecule is O=COCc1cn([C@H]2O[C@@H](CO)[C@H](O)[C@@H]2O)c(=O)[nH]c1=O. The number of nitrogens with zero attached hydrogens (tertiary/aromatic N) is 1. The molecular weight excluding hydrogens is 288 g/mol. The Morgan fingerprint density at radius 3 is 2.67 bits per heavy atom. The fourth-order valence-electron chi connectivity index (χ4n) is 2.05. The van der Waals surface area contributed by atoms with E-state index in [1.807, 2.05) is 4.98 Å². The number of ether oxygens (including phenoxy) is 2. The van der Waals surface area contributed by atoms with Gasteiger partial charge in [-0.3, -0.25) is 19.1 Å². The van der Waals surface area contributed by atoms with Gasteiger partial charge in [-0.1, -0.05) is 0 Å². The van der Waals surface area contributed by atoms with Crippen LogP contribution in [0, 0.1) is 0 Å². The number of aromatic amines is 1. The summed E-state index contributed by atoms with van der Waals surface area (Å²) in [5, 5.41) is 28.5. The maximum absolute atomic E-state index is 11.8. The van der Waals surface area contributed by atoms with Gasteiger partial charge in [-0.25, -0.2) is 4.79 Å². The van der Waals surface area contributed by atoms with Crippen LogP contribution in [0.5, 0.6) is 0 Å². The highest BCUT2D eigenvalue weighted by Gasteiger charge is 2.43. The number of carbonyl (C=O) groups is 1. The van der Waals surface area contributed by atoms with Crippen LogP contribution >= 0.6 is 0 Å². The highest BCUT2D eigenvalue weighted by atomic mass is 16.6. The molecule has 10 heteroatoms. The van der Waals surface area contributed by atoms with Crippen LogP contribution in [0.3, 0.4) is 0 Å². The van der Waals surface area contributed by atoms with Crippen molar-refractivity contribution in [2.45, 2.75) is 31.1 Å². The zero-order valence-corrected chi connectivity index (χ0v) is 10.7. The van der Waals surface area contributed by atoms with E-state index in [0.717, 1.165) is 10.8 Å². The summed E-state index contributed by atoms with van der Waals surface area (Å²) in [4.78, 5) is 35.4. The molecule has 4 N–H and O–H groups in total. The van der Waals surface area contributed by atoms with Crippen molar-refractivity contribution in [2.75, 3.05) is 6.61 Å². The molecule has 2 rings (SSSR count). The van der Waals surface area contributed by atoms with E-state index in [4.69, 9.17) is 9.84 Å². The van der Waals surface area contributed by atoms with Crippen molar-refractivity contribution in [2.24, 2.45) is 0 Å². The molecule has 1 saturated heterocycles. The average molecular weight is 302 g/mol. The summed E-state index contributed by atoms with van der Waals surface area (Å²) in [6.45, 7) is -0.775. The lowest BCUT2D eigenvalue weighted by molar-refractivity contribution is -0.129. The Morgan fingerprint density at radius 1 is 1.38 bits per heavy atom. The summed E-state index contributed by atoms with van der Waals surface area (Å²) < 4.78 is 10.5. The van der Waals surface area contributed by atoms with Crippen molar-refractivity contribution >= 4 is 6.47 Å². The normalized spacial score (nSPS) is 28.5. The molecule has 1 aromatic rings. The Hall–Kier alpha value is -2.01. The minimum Gasteiger partial charge on any atom is -0.463 e. The lowest BCUT2D eigenvalue weighted by atomic mass is 10.1. The molecule has 116 valence electrons. The third-order valence-electron chi connectivity index (χ3n) is 3.14. The predicted octanol–water partition coefficient (Wildman–Crippen LogP) is -3.18. The molecule has 0 aromatic carbocycles. The van der Waals surface area contributed by atoms with Gasteiger partial charge in [-0.15, -0.1) is 0 Å². The first-order valence-electron chi connectivity index (χ1n) is 6.01. The summed E-state index contributed by atoms with van der Waals surface area (Å²) in [5.41, 5.74) is -1.66. The Labute approximate surface area is 117 Å². The number of hydrogen-bond acceptors (Lipinski definition) is 8. The van der Waals surface area contributed by atoms with E-state index in [-0.39, 0.29) is 18.6 Å². The van der Waals surface area contributed by atoms with Gasteiger partial charge in [0.1, 0.15) is 24.9 Å². The van der Waals surface area contributed by atoms with Gasteiger partial charge in [0.15, 0.2) is 6.23 Å². The lowest BCUT2D eigenvalue weighted by Crippen LogP contribution is -2.39. The van der Waals surface area contributed by atoms with Gasteiger partial charge in [0.25, 0.3) is 12.0 Å². The second kappa shape index (κ2) is 6.18. The molecule has 10 nitrogen and oxygen atoms in total. The average Bonchev–Trinajstić information content (AvgIpc) is 2.74. The van der Waals surface area contributed by atoms with Crippen molar-refractivity contribution in [1.29, 1.82) is 0 Å². The van der Waals surface area contributed by atoms with E-state index in [0.29, 0.717) is 0 Å². The summed E-state index contributed by atoms with van der Waals surface area (Å²) in [6, 6.07) is 0. The Balaban J connectivity index is 2.37. The molecule has 0 saturated carbocycles. The van der Waals surface area contributed by atoms with Gasteiger partial charge >= 0.3 is 5.69 Å².